The molecule has 1 saturated heterocycles. The standard InChI is InChI=1S/C43H55ClN4O6/c1-10-41(6,7)30-24-32(42(8,9)11-2)34(54-23-22-33(44)36(45)50)25-31(30)43(37(51)40(3,4)5,38(52)46-29-20-16-13-17-21-29)48-35(49)27-47(39(48)53)26-28-18-14-12-15-19-28/h12-21,24-25,33H,10-11,22-23,26-27H2,1-9H3,(H2,45,50)(H,46,52). The zero-order valence-corrected chi connectivity index (χ0v) is 33.8. The third-order valence-electron chi connectivity index (χ3n) is 10.6. The highest BCUT2D eigenvalue weighted by atomic mass is 35.5. The van der Waals surface area contributed by atoms with Crippen molar-refractivity contribution >= 4 is 46.8 Å². The lowest BCUT2D eigenvalue weighted by Crippen LogP contribution is -2.64. The van der Waals surface area contributed by atoms with E-state index in [2.05, 4.69) is 19.2 Å². The Bertz CT molecular complexity index is 1870. The van der Waals surface area contributed by atoms with Crippen molar-refractivity contribution in [1.82, 2.24) is 9.80 Å². The molecule has 290 valence electrons. The quantitative estimate of drug-likeness (QED) is 0.0867. The Hall–Kier alpha value is -4.70. The fraction of sp³-hybridized carbons (Fsp3) is 0.465. The van der Waals surface area contributed by atoms with Crippen LogP contribution in [0.5, 0.6) is 5.75 Å². The highest BCUT2D eigenvalue weighted by Crippen LogP contribution is 2.49. The molecule has 0 aromatic heterocycles. The van der Waals surface area contributed by atoms with E-state index in [0.29, 0.717) is 29.8 Å². The molecule has 0 radical (unpaired) electrons. The summed E-state index contributed by atoms with van der Waals surface area (Å²) in [6.45, 7) is 17.0. The van der Waals surface area contributed by atoms with Gasteiger partial charge >= 0.3 is 6.03 Å². The molecule has 0 saturated carbocycles. The van der Waals surface area contributed by atoms with Crippen LogP contribution in [0, 0.1) is 5.41 Å². The first-order valence-corrected chi connectivity index (χ1v) is 19.0. The Kier molecular flexibility index (Phi) is 12.7. The van der Waals surface area contributed by atoms with E-state index in [-0.39, 0.29) is 31.7 Å². The van der Waals surface area contributed by atoms with Gasteiger partial charge in [0.2, 0.25) is 11.4 Å². The molecular weight excluding hydrogens is 704 g/mol. The minimum absolute atomic E-state index is 0.0112. The zero-order chi connectivity index (χ0) is 40.2. The summed E-state index contributed by atoms with van der Waals surface area (Å²) >= 11 is 6.21. The fourth-order valence-corrected chi connectivity index (χ4v) is 6.74. The second kappa shape index (κ2) is 16.3. The second-order valence-electron chi connectivity index (χ2n) is 16.3. The van der Waals surface area contributed by atoms with Gasteiger partial charge in [-0.25, -0.2) is 9.69 Å². The van der Waals surface area contributed by atoms with E-state index in [9.17, 15) is 14.4 Å². The van der Waals surface area contributed by atoms with Crippen LogP contribution < -0.4 is 15.8 Å². The summed E-state index contributed by atoms with van der Waals surface area (Å²) in [5.74, 6) is -2.55. The van der Waals surface area contributed by atoms with Crippen molar-refractivity contribution in [2.75, 3.05) is 18.5 Å². The van der Waals surface area contributed by atoms with Gasteiger partial charge in [-0.2, -0.15) is 0 Å². The van der Waals surface area contributed by atoms with Crippen LogP contribution in [0.1, 0.15) is 104 Å². The van der Waals surface area contributed by atoms with Gasteiger partial charge in [0.1, 0.15) is 17.7 Å². The number of hydrogen-bond donors (Lipinski definition) is 2. The van der Waals surface area contributed by atoms with E-state index < -0.39 is 56.7 Å². The molecule has 4 rings (SSSR count). The number of benzene rings is 3. The first kappa shape index (κ1) is 42.0. The largest absolute Gasteiger partial charge is 0.493 e. The maximum atomic E-state index is 15.5. The van der Waals surface area contributed by atoms with Gasteiger partial charge in [0.25, 0.3) is 11.8 Å². The van der Waals surface area contributed by atoms with Crippen molar-refractivity contribution in [3.8, 4) is 5.75 Å². The Labute approximate surface area is 324 Å². The molecule has 3 aromatic carbocycles. The normalized spacial score (nSPS) is 15.5. The molecule has 11 heteroatoms. The third kappa shape index (κ3) is 8.49. The first-order chi connectivity index (χ1) is 25.2. The summed E-state index contributed by atoms with van der Waals surface area (Å²) in [6.07, 6.45) is 1.38. The average molecular weight is 759 g/mol. The molecular formula is C43H55ClN4O6. The number of imide groups is 1. The fourth-order valence-electron chi connectivity index (χ4n) is 6.65. The molecule has 10 nitrogen and oxygen atoms in total. The van der Waals surface area contributed by atoms with Crippen molar-refractivity contribution in [2.24, 2.45) is 11.1 Å². The van der Waals surface area contributed by atoms with Gasteiger partial charge in [0.15, 0.2) is 5.78 Å². The molecule has 2 unspecified atom stereocenters. The molecule has 0 spiro atoms. The topological polar surface area (TPSA) is 139 Å². The second-order valence-corrected chi connectivity index (χ2v) is 16.9. The van der Waals surface area contributed by atoms with E-state index in [1.165, 1.54) is 4.90 Å². The monoisotopic (exact) mass is 758 g/mol. The molecule has 1 fully saturated rings. The summed E-state index contributed by atoms with van der Waals surface area (Å²) in [5.41, 5.74) is 3.29. The zero-order valence-electron chi connectivity index (χ0n) is 33.0. The molecule has 0 bridgehead atoms. The van der Waals surface area contributed by atoms with Crippen LogP contribution in [0.2, 0.25) is 0 Å². The minimum Gasteiger partial charge on any atom is -0.493 e. The summed E-state index contributed by atoms with van der Waals surface area (Å²) in [4.78, 5) is 74.4. The number of rotatable bonds is 16. The number of nitrogens with one attached hydrogen (secondary N) is 1. The average Bonchev–Trinajstić information content (AvgIpc) is 3.40. The van der Waals surface area contributed by atoms with Gasteiger partial charge in [-0.1, -0.05) is 117 Å². The highest BCUT2D eigenvalue weighted by Gasteiger charge is 2.63. The lowest BCUT2D eigenvalue weighted by Gasteiger charge is -2.44. The number of anilines is 1. The molecule has 2 atom stereocenters. The van der Waals surface area contributed by atoms with Crippen LogP contribution in [0.25, 0.3) is 0 Å². The number of urea groups is 1. The summed E-state index contributed by atoms with van der Waals surface area (Å²) in [7, 11) is 0. The number of amides is 5. The Morgan fingerprint density at radius 1 is 0.833 bits per heavy atom. The number of alkyl halides is 1. The van der Waals surface area contributed by atoms with Crippen LogP contribution >= 0.6 is 11.6 Å². The number of para-hydroxylation sites is 1. The summed E-state index contributed by atoms with van der Waals surface area (Å²) < 4.78 is 6.43. The van der Waals surface area contributed by atoms with Crippen LogP contribution in [0.3, 0.4) is 0 Å². The van der Waals surface area contributed by atoms with Gasteiger partial charge in [-0.3, -0.25) is 19.2 Å². The number of carbonyl (C=O) groups is 5. The van der Waals surface area contributed by atoms with Gasteiger partial charge in [0.05, 0.1) is 6.61 Å². The van der Waals surface area contributed by atoms with Gasteiger partial charge in [0, 0.05) is 35.2 Å². The number of nitrogens with two attached hydrogens (primary N) is 1. The smallest absolute Gasteiger partial charge is 0.329 e. The lowest BCUT2D eigenvalue weighted by atomic mass is 9.66. The number of nitrogens with zero attached hydrogens (tertiary/aromatic N) is 2. The lowest BCUT2D eigenvalue weighted by molar-refractivity contribution is -0.152. The Balaban J connectivity index is 2.15. The summed E-state index contributed by atoms with van der Waals surface area (Å²) in [5, 5.41) is 1.94. The highest BCUT2D eigenvalue weighted by molar-refractivity contribution is 6.30. The third-order valence-corrected chi connectivity index (χ3v) is 11.1. The van der Waals surface area contributed by atoms with Gasteiger partial charge < -0.3 is 20.7 Å². The number of halogens is 1. The van der Waals surface area contributed by atoms with Crippen molar-refractivity contribution in [3.63, 3.8) is 0 Å². The molecule has 5 amide bonds. The number of ether oxygens (including phenoxy) is 1. The predicted molar refractivity (Wildman–Crippen MR) is 212 cm³/mol. The predicted octanol–water partition coefficient (Wildman–Crippen LogP) is 7.84. The Morgan fingerprint density at radius 3 is 1.93 bits per heavy atom. The van der Waals surface area contributed by atoms with E-state index in [1.807, 2.05) is 64.1 Å². The number of Topliss-reactive ketones (excluding diaryl/α,β-unsaturated/α-hetero) is 1. The van der Waals surface area contributed by atoms with Crippen LogP contribution in [-0.4, -0.2) is 57.9 Å². The number of carbonyl (C=O) groups excluding carboxylic acids is 5. The molecule has 3 N–H and O–H groups in total. The maximum Gasteiger partial charge on any atom is 0.329 e. The van der Waals surface area contributed by atoms with Crippen molar-refractivity contribution in [1.29, 1.82) is 0 Å². The Morgan fingerprint density at radius 2 is 1.39 bits per heavy atom. The van der Waals surface area contributed by atoms with E-state index in [0.717, 1.165) is 16.0 Å². The first-order valence-electron chi connectivity index (χ1n) is 18.5. The number of ketones is 1. The van der Waals surface area contributed by atoms with Gasteiger partial charge in [-0.05, 0) is 53.0 Å². The van der Waals surface area contributed by atoms with Gasteiger partial charge in [-0.15, -0.1) is 11.6 Å². The van der Waals surface area contributed by atoms with Crippen LogP contribution in [0.15, 0.2) is 72.8 Å². The minimum atomic E-state index is -2.50. The SMILES string of the molecule is CCC(C)(C)c1cc(C(C)(C)CC)c(C(C(=O)Nc2ccccc2)(C(=O)C(C)(C)C)N2C(=O)CN(Cc3ccccc3)C2=O)cc1OCCC(Cl)C(N)=O. The number of hydrogen-bond acceptors (Lipinski definition) is 6. The number of primary amides is 1. The van der Waals surface area contributed by atoms with Crippen LogP contribution in [0.4, 0.5) is 10.5 Å². The van der Waals surface area contributed by atoms with E-state index in [4.69, 9.17) is 22.1 Å². The van der Waals surface area contributed by atoms with E-state index in [1.54, 1.807) is 57.2 Å². The van der Waals surface area contributed by atoms with Crippen LogP contribution in [-0.2, 0) is 42.1 Å². The molecule has 1 heterocycles. The van der Waals surface area contributed by atoms with Crippen molar-refractivity contribution in [3.05, 3.63) is 95.1 Å². The molecule has 54 heavy (non-hydrogen) atoms. The van der Waals surface area contributed by atoms with Crippen molar-refractivity contribution < 1.29 is 28.7 Å². The molecule has 1 aliphatic heterocycles. The molecule has 0 aliphatic carbocycles. The summed E-state index contributed by atoms with van der Waals surface area (Å²) in [6, 6.07) is 20.7. The maximum absolute atomic E-state index is 15.5. The molecule has 1 aliphatic rings. The van der Waals surface area contributed by atoms with Crippen molar-refractivity contribution in [2.45, 2.75) is 110 Å². The van der Waals surface area contributed by atoms with E-state index >= 15 is 9.59 Å². The molecule has 3 aromatic rings.